The van der Waals surface area contributed by atoms with Gasteiger partial charge in [0.25, 0.3) is 0 Å². The van der Waals surface area contributed by atoms with Crippen molar-refractivity contribution < 1.29 is 18.0 Å². The molecule has 102 valence electrons. The lowest BCUT2D eigenvalue weighted by atomic mass is 10.5. The number of amides is 1. The molecule has 0 saturated carbocycles. The maximum atomic E-state index is 12.4. The van der Waals surface area contributed by atoms with Crippen LogP contribution in [0.3, 0.4) is 0 Å². The predicted octanol–water partition coefficient (Wildman–Crippen LogP) is 3.84. The first-order chi connectivity index (χ1) is 7.46. The Labute approximate surface area is 102 Å². The van der Waals surface area contributed by atoms with Crippen LogP contribution in [0.5, 0.6) is 0 Å². The predicted molar refractivity (Wildman–Crippen MR) is 65.2 cm³/mol. The highest BCUT2D eigenvalue weighted by molar-refractivity contribution is 6.83. The van der Waals surface area contributed by atoms with Crippen LogP contribution in [0.4, 0.5) is 13.2 Å². The molecule has 0 aliphatic carbocycles. The van der Waals surface area contributed by atoms with Crippen LogP contribution in [-0.4, -0.2) is 20.3 Å². The Hall–Kier alpha value is -0.523. The molecule has 0 rings (SSSR count). The fraction of sp³-hybridized carbons (Fsp3) is 0.909. The number of halogens is 3. The normalized spacial score (nSPS) is 13.6. The van der Waals surface area contributed by atoms with Crippen LogP contribution in [0, 0.1) is 0 Å². The molecule has 0 radical (unpaired) electrons. The fourth-order valence-corrected chi connectivity index (χ4v) is 8.10. The van der Waals surface area contributed by atoms with Crippen LogP contribution in [-0.2, 0) is 4.79 Å². The van der Waals surface area contributed by atoms with Gasteiger partial charge in [-0.25, -0.2) is 0 Å². The van der Waals surface area contributed by atoms with E-state index in [1.807, 2.05) is 41.5 Å². The lowest BCUT2D eigenvalue weighted by Crippen LogP contribution is -2.62. The van der Waals surface area contributed by atoms with E-state index in [0.29, 0.717) is 0 Å². The third kappa shape index (κ3) is 3.47. The Morgan fingerprint density at radius 1 is 0.941 bits per heavy atom. The number of nitrogens with one attached hydrogen (secondary N) is 1. The molecule has 0 unspecified atom stereocenters. The van der Waals surface area contributed by atoms with E-state index < -0.39 is 20.3 Å². The van der Waals surface area contributed by atoms with Gasteiger partial charge < -0.3 is 4.98 Å². The minimum atomic E-state index is -4.79. The summed E-state index contributed by atoms with van der Waals surface area (Å²) in [7, 11) is -2.52. The molecular weight excluding hydrogens is 247 g/mol. The van der Waals surface area contributed by atoms with E-state index in [4.69, 9.17) is 0 Å². The molecule has 1 N–H and O–H groups in total. The molecule has 0 bridgehead atoms. The van der Waals surface area contributed by atoms with Crippen molar-refractivity contribution in [2.45, 2.75) is 64.3 Å². The number of rotatable bonds is 4. The summed E-state index contributed by atoms with van der Waals surface area (Å²) in [6, 6.07) is 0. The molecule has 1 amide bonds. The van der Waals surface area contributed by atoms with Gasteiger partial charge in [0.2, 0.25) is 0 Å². The second-order valence-electron chi connectivity index (χ2n) is 5.35. The van der Waals surface area contributed by atoms with Crippen LogP contribution in [0.15, 0.2) is 0 Å². The Morgan fingerprint density at radius 3 is 1.41 bits per heavy atom. The summed E-state index contributed by atoms with van der Waals surface area (Å²) in [5.74, 6) is -1.79. The summed E-state index contributed by atoms with van der Waals surface area (Å²) in [6.45, 7) is 11.4. The average Bonchev–Trinajstić information content (AvgIpc) is 2.09. The standard InChI is InChI=1S/C11H22F3NOSi/c1-7(2)17(8(3)4,9(5)6)15-10(16)11(12,13)14/h7-9H,1-6H3,(H,15,16). The highest BCUT2D eigenvalue weighted by Gasteiger charge is 2.50. The molecule has 0 fully saturated rings. The van der Waals surface area contributed by atoms with E-state index in [1.165, 1.54) is 0 Å². The van der Waals surface area contributed by atoms with Crippen molar-refractivity contribution in [2.75, 3.05) is 0 Å². The second-order valence-corrected chi connectivity index (χ2v) is 10.9. The summed E-state index contributed by atoms with van der Waals surface area (Å²) < 4.78 is 37.1. The molecule has 0 aromatic heterocycles. The van der Waals surface area contributed by atoms with Crippen LogP contribution in [0.1, 0.15) is 41.5 Å². The monoisotopic (exact) mass is 269 g/mol. The van der Waals surface area contributed by atoms with Crippen LogP contribution < -0.4 is 4.98 Å². The molecule has 0 saturated heterocycles. The summed E-state index contributed by atoms with van der Waals surface area (Å²) in [5.41, 5.74) is 0.191. The Morgan fingerprint density at radius 2 is 1.24 bits per heavy atom. The third-order valence-electron chi connectivity index (χ3n) is 3.45. The number of carbonyl (C=O) groups excluding carboxylic acids is 1. The van der Waals surface area contributed by atoms with Crippen LogP contribution in [0.2, 0.25) is 16.6 Å². The quantitative estimate of drug-likeness (QED) is 0.772. The smallest absolute Gasteiger partial charge is 0.373 e. The molecule has 0 aliphatic rings. The first kappa shape index (κ1) is 16.5. The first-order valence-electron chi connectivity index (χ1n) is 5.85. The first-order valence-corrected chi connectivity index (χ1v) is 8.08. The van der Waals surface area contributed by atoms with Crippen molar-refractivity contribution in [2.24, 2.45) is 0 Å². The fourth-order valence-electron chi connectivity index (χ4n) is 2.70. The van der Waals surface area contributed by atoms with Gasteiger partial charge in [0, 0.05) is 0 Å². The van der Waals surface area contributed by atoms with Crippen molar-refractivity contribution in [1.29, 1.82) is 0 Å². The molecule has 0 aromatic rings. The van der Waals surface area contributed by atoms with Gasteiger partial charge in [-0.15, -0.1) is 0 Å². The van der Waals surface area contributed by atoms with Crippen LogP contribution in [0.25, 0.3) is 0 Å². The zero-order valence-corrected chi connectivity index (χ0v) is 12.3. The molecule has 6 heteroatoms. The maximum absolute atomic E-state index is 12.4. The minimum Gasteiger partial charge on any atom is -0.373 e. The highest BCUT2D eigenvalue weighted by Crippen LogP contribution is 2.39. The zero-order valence-electron chi connectivity index (χ0n) is 11.3. The van der Waals surface area contributed by atoms with Crippen molar-refractivity contribution in [3.05, 3.63) is 0 Å². The molecule has 0 spiro atoms. The van der Waals surface area contributed by atoms with Crippen molar-refractivity contribution in [3.8, 4) is 0 Å². The summed E-state index contributed by atoms with van der Waals surface area (Å²) in [6.07, 6.45) is -4.79. The zero-order chi connectivity index (χ0) is 14.0. The maximum Gasteiger partial charge on any atom is 0.470 e. The van der Waals surface area contributed by atoms with Gasteiger partial charge in [0.05, 0.1) is 0 Å². The number of carbonyl (C=O) groups is 1. The van der Waals surface area contributed by atoms with Crippen molar-refractivity contribution in [3.63, 3.8) is 0 Å². The van der Waals surface area contributed by atoms with Crippen LogP contribution >= 0.6 is 0 Å². The van der Waals surface area contributed by atoms with Crippen molar-refractivity contribution >= 4 is 14.1 Å². The number of alkyl halides is 3. The molecule has 0 aromatic carbocycles. The van der Waals surface area contributed by atoms with Gasteiger partial charge in [-0.2, -0.15) is 13.2 Å². The molecule has 0 atom stereocenters. The molecular formula is C11H22F3NOSi. The lowest BCUT2D eigenvalue weighted by molar-refractivity contribution is -0.171. The van der Waals surface area contributed by atoms with E-state index in [9.17, 15) is 18.0 Å². The minimum absolute atomic E-state index is 0.0637. The van der Waals surface area contributed by atoms with Gasteiger partial charge in [0.1, 0.15) is 0 Å². The molecule has 2 nitrogen and oxygen atoms in total. The van der Waals surface area contributed by atoms with E-state index in [2.05, 4.69) is 4.98 Å². The van der Waals surface area contributed by atoms with Gasteiger partial charge in [-0.3, -0.25) is 4.79 Å². The average molecular weight is 269 g/mol. The van der Waals surface area contributed by atoms with E-state index in [-0.39, 0.29) is 16.6 Å². The van der Waals surface area contributed by atoms with Gasteiger partial charge >= 0.3 is 12.1 Å². The largest absolute Gasteiger partial charge is 0.470 e. The third-order valence-corrected chi connectivity index (χ3v) is 9.85. The van der Waals surface area contributed by atoms with Gasteiger partial charge in [0.15, 0.2) is 8.24 Å². The topological polar surface area (TPSA) is 29.1 Å². The van der Waals surface area contributed by atoms with E-state index in [1.54, 1.807) is 0 Å². The molecule has 17 heavy (non-hydrogen) atoms. The summed E-state index contributed by atoms with van der Waals surface area (Å²) in [5, 5.41) is 0. The number of hydrogen-bond donors (Lipinski definition) is 1. The molecule has 0 aliphatic heterocycles. The Balaban J connectivity index is 5.28. The molecule has 0 heterocycles. The number of hydrogen-bond acceptors (Lipinski definition) is 1. The van der Waals surface area contributed by atoms with Crippen molar-refractivity contribution in [1.82, 2.24) is 4.98 Å². The van der Waals surface area contributed by atoms with Gasteiger partial charge in [-0.05, 0) is 16.6 Å². The van der Waals surface area contributed by atoms with Gasteiger partial charge in [-0.1, -0.05) is 41.5 Å². The van der Waals surface area contributed by atoms with E-state index in [0.717, 1.165) is 0 Å². The Bertz CT molecular complexity index is 253. The van der Waals surface area contributed by atoms with E-state index >= 15 is 0 Å². The summed E-state index contributed by atoms with van der Waals surface area (Å²) >= 11 is 0. The SMILES string of the molecule is CC(C)[Si](NC(=O)C(F)(F)F)(C(C)C)C(C)C. The highest BCUT2D eigenvalue weighted by atomic mass is 28.3. The second kappa shape index (κ2) is 5.41. The lowest BCUT2D eigenvalue weighted by Gasteiger charge is -2.43. The summed E-state index contributed by atoms with van der Waals surface area (Å²) in [4.78, 5) is 13.5. The Kier molecular flexibility index (Phi) is 5.25.